The van der Waals surface area contributed by atoms with Crippen molar-refractivity contribution in [2.24, 2.45) is 0 Å². The summed E-state index contributed by atoms with van der Waals surface area (Å²) in [7, 11) is 1.46. The van der Waals surface area contributed by atoms with E-state index in [9.17, 15) is 19.5 Å². The number of aliphatic carboxylic acids is 1. The van der Waals surface area contributed by atoms with E-state index in [2.05, 4.69) is 11.2 Å². The van der Waals surface area contributed by atoms with Gasteiger partial charge in [0.1, 0.15) is 18.2 Å². The number of hydrogen-bond acceptors (Lipinski definition) is 4. The largest absolute Gasteiger partial charge is 0.479 e. The molecule has 0 saturated heterocycles. The van der Waals surface area contributed by atoms with Crippen LogP contribution in [0.15, 0.2) is 48.5 Å². The lowest BCUT2D eigenvalue weighted by molar-refractivity contribution is -0.158. The van der Waals surface area contributed by atoms with Crippen molar-refractivity contribution < 1.29 is 24.2 Å². The second kappa shape index (κ2) is 9.60. The molecule has 0 spiro atoms. The molecule has 34 heavy (non-hydrogen) atoms. The van der Waals surface area contributed by atoms with Crippen LogP contribution in [0.3, 0.4) is 0 Å². The average molecular weight is 461 g/mol. The van der Waals surface area contributed by atoms with Crippen molar-refractivity contribution in [1.82, 2.24) is 10.2 Å². The molecule has 0 aromatic heterocycles. The number of terminal acetylenes is 1. The van der Waals surface area contributed by atoms with Crippen LogP contribution in [0.1, 0.15) is 49.1 Å². The van der Waals surface area contributed by atoms with Gasteiger partial charge in [-0.25, -0.2) is 9.59 Å². The maximum Gasteiger partial charge on any atom is 0.407 e. The molecule has 2 aromatic carbocycles. The van der Waals surface area contributed by atoms with Gasteiger partial charge < -0.3 is 20.1 Å². The maximum atomic E-state index is 13.1. The predicted molar refractivity (Wildman–Crippen MR) is 127 cm³/mol. The van der Waals surface area contributed by atoms with E-state index in [1.807, 2.05) is 48.5 Å². The van der Waals surface area contributed by atoms with Crippen LogP contribution in [0, 0.1) is 12.3 Å². The Kier molecular flexibility index (Phi) is 6.60. The summed E-state index contributed by atoms with van der Waals surface area (Å²) in [6.45, 7) is 0.103. The number of amides is 2. The number of nitrogens with one attached hydrogen (secondary N) is 1. The van der Waals surface area contributed by atoms with E-state index in [0.717, 1.165) is 35.1 Å². The molecule has 7 heteroatoms. The fourth-order valence-corrected chi connectivity index (χ4v) is 5.20. The van der Waals surface area contributed by atoms with Gasteiger partial charge in [0.25, 0.3) is 0 Å². The van der Waals surface area contributed by atoms with Gasteiger partial charge in [0.2, 0.25) is 5.91 Å². The summed E-state index contributed by atoms with van der Waals surface area (Å²) in [6.07, 6.45) is 6.81. The van der Waals surface area contributed by atoms with E-state index < -0.39 is 29.6 Å². The number of fused-ring (bicyclic) bond motifs is 3. The van der Waals surface area contributed by atoms with Crippen molar-refractivity contribution in [3.63, 3.8) is 0 Å². The van der Waals surface area contributed by atoms with Gasteiger partial charge in [-0.2, -0.15) is 0 Å². The minimum absolute atomic E-state index is 0.0664. The van der Waals surface area contributed by atoms with E-state index in [0.29, 0.717) is 12.8 Å². The van der Waals surface area contributed by atoms with Gasteiger partial charge in [-0.05, 0) is 35.1 Å². The molecule has 2 aliphatic carbocycles. The summed E-state index contributed by atoms with van der Waals surface area (Å²) < 4.78 is 5.54. The average Bonchev–Trinajstić information content (AvgIpc) is 3.46. The molecule has 176 valence electrons. The minimum atomic E-state index is -1.27. The Morgan fingerprint density at radius 2 is 1.68 bits per heavy atom. The number of hydrogen-bond donors (Lipinski definition) is 2. The van der Waals surface area contributed by atoms with Crippen LogP contribution in [-0.2, 0) is 14.3 Å². The highest BCUT2D eigenvalue weighted by atomic mass is 16.5. The monoisotopic (exact) mass is 460 g/mol. The zero-order valence-electron chi connectivity index (χ0n) is 19.1. The van der Waals surface area contributed by atoms with Crippen LogP contribution >= 0.6 is 0 Å². The molecule has 2 aromatic rings. The molecule has 1 atom stereocenters. The standard InChI is InChI=1S/C27H28N2O5/c1-3-10-23(24(30)29(2)27(25(31)32)15-8-9-16-27)28-26(33)34-17-22-20-13-6-4-11-18(20)19-12-5-7-14-21(19)22/h1,4-7,11-14,22-23H,8-10,15-17H2,2H3,(H,28,33)(H,31,32). The van der Waals surface area contributed by atoms with Crippen LogP contribution in [0.5, 0.6) is 0 Å². The van der Waals surface area contributed by atoms with Gasteiger partial charge in [-0.3, -0.25) is 4.79 Å². The SMILES string of the molecule is C#CCC(NC(=O)OCC1c2ccccc2-c2ccccc21)C(=O)N(C)C1(C(=O)O)CCCC1. The maximum absolute atomic E-state index is 13.1. The molecule has 1 saturated carbocycles. The van der Waals surface area contributed by atoms with Crippen LogP contribution in [0.4, 0.5) is 4.79 Å². The third-order valence-corrected chi connectivity index (χ3v) is 7.06. The Morgan fingerprint density at radius 1 is 1.12 bits per heavy atom. The third kappa shape index (κ3) is 4.12. The van der Waals surface area contributed by atoms with Crippen LogP contribution in [-0.4, -0.2) is 53.2 Å². The number of carboxylic acids is 1. The Balaban J connectivity index is 1.45. The van der Waals surface area contributed by atoms with Crippen LogP contribution < -0.4 is 5.32 Å². The molecule has 2 N–H and O–H groups in total. The van der Waals surface area contributed by atoms with Gasteiger partial charge >= 0.3 is 12.1 Å². The zero-order chi connectivity index (χ0) is 24.3. The van der Waals surface area contributed by atoms with Crippen molar-refractivity contribution in [2.45, 2.75) is 49.6 Å². The topological polar surface area (TPSA) is 95.9 Å². The lowest BCUT2D eigenvalue weighted by Gasteiger charge is -2.36. The molecule has 2 aliphatic rings. The van der Waals surface area contributed by atoms with E-state index in [-0.39, 0.29) is 18.9 Å². The first-order chi connectivity index (χ1) is 16.4. The highest BCUT2D eigenvalue weighted by Crippen LogP contribution is 2.44. The van der Waals surface area contributed by atoms with Gasteiger partial charge in [0, 0.05) is 19.4 Å². The molecule has 4 rings (SSSR count). The number of benzene rings is 2. The van der Waals surface area contributed by atoms with Gasteiger partial charge in [0.15, 0.2) is 0 Å². The van der Waals surface area contributed by atoms with Crippen LogP contribution in [0.2, 0.25) is 0 Å². The molecular weight excluding hydrogens is 432 g/mol. The Hall–Kier alpha value is -3.79. The fraction of sp³-hybridized carbons (Fsp3) is 0.370. The van der Waals surface area contributed by atoms with Crippen molar-refractivity contribution in [3.8, 4) is 23.5 Å². The smallest absolute Gasteiger partial charge is 0.407 e. The lowest BCUT2D eigenvalue weighted by Crippen LogP contribution is -2.58. The molecule has 1 fully saturated rings. The molecule has 0 bridgehead atoms. The van der Waals surface area contributed by atoms with E-state index in [4.69, 9.17) is 11.2 Å². The lowest BCUT2D eigenvalue weighted by atomic mass is 9.94. The predicted octanol–water partition coefficient (Wildman–Crippen LogP) is 3.77. The number of ether oxygens (including phenoxy) is 1. The van der Waals surface area contributed by atoms with E-state index in [1.165, 1.54) is 11.9 Å². The van der Waals surface area contributed by atoms with Crippen molar-refractivity contribution in [1.29, 1.82) is 0 Å². The molecule has 1 unspecified atom stereocenters. The first-order valence-corrected chi connectivity index (χ1v) is 11.4. The first-order valence-electron chi connectivity index (χ1n) is 11.4. The Labute approximate surface area is 199 Å². The normalized spacial score (nSPS) is 16.6. The molecule has 2 amide bonds. The molecular formula is C27H28N2O5. The fourth-order valence-electron chi connectivity index (χ4n) is 5.20. The minimum Gasteiger partial charge on any atom is -0.479 e. The summed E-state index contributed by atoms with van der Waals surface area (Å²) in [5.41, 5.74) is 3.12. The third-order valence-electron chi connectivity index (χ3n) is 7.06. The first kappa shape index (κ1) is 23.4. The van der Waals surface area contributed by atoms with E-state index >= 15 is 0 Å². The van der Waals surface area contributed by atoms with Gasteiger partial charge in [-0.1, -0.05) is 61.4 Å². The molecule has 7 nitrogen and oxygen atoms in total. The Bertz CT molecular complexity index is 1100. The summed E-state index contributed by atoms with van der Waals surface area (Å²) in [6, 6.07) is 14.9. The number of alkyl carbamates (subject to hydrolysis) is 1. The molecule has 0 radical (unpaired) electrons. The van der Waals surface area contributed by atoms with Crippen molar-refractivity contribution >= 4 is 18.0 Å². The number of rotatable bonds is 7. The number of carboxylic acid groups (broad SMARTS) is 1. The highest BCUT2D eigenvalue weighted by molar-refractivity contribution is 5.91. The number of carbonyl (C=O) groups is 3. The molecule has 0 heterocycles. The van der Waals surface area contributed by atoms with Crippen LogP contribution in [0.25, 0.3) is 11.1 Å². The van der Waals surface area contributed by atoms with Crippen molar-refractivity contribution in [2.75, 3.05) is 13.7 Å². The summed E-state index contributed by atoms with van der Waals surface area (Å²) in [4.78, 5) is 39.0. The van der Waals surface area contributed by atoms with Gasteiger partial charge in [-0.15, -0.1) is 12.3 Å². The van der Waals surface area contributed by atoms with Crippen molar-refractivity contribution in [3.05, 3.63) is 59.7 Å². The second-order valence-corrected chi connectivity index (χ2v) is 8.87. The second-order valence-electron chi connectivity index (χ2n) is 8.87. The number of nitrogens with zero attached hydrogens (tertiary/aromatic N) is 1. The highest BCUT2D eigenvalue weighted by Gasteiger charge is 2.48. The quantitative estimate of drug-likeness (QED) is 0.613. The van der Waals surface area contributed by atoms with E-state index in [1.54, 1.807) is 0 Å². The number of carbonyl (C=O) groups excluding carboxylic acids is 2. The number of likely N-dealkylation sites (N-methyl/N-ethyl adjacent to an activating group) is 1. The summed E-state index contributed by atoms with van der Waals surface area (Å²) >= 11 is 0. The molecule has 0 aliphatic heterocycles. The van der Waals surface area contributed by atoms with Gasteiger partial charge in [0.05, 0.1) is 0 Å². The summed E-state index contributed by atoms with van der Waals surface area (Å²) in [5.74, 6) is 0.713. The zero-order valence-corrected chi connectivity index (χ0v) is 19.1. The summed E-state index contributed by atoms with van der Waals surface area (Å²) in [5, 5.41) is 12.4. The Morgan fingerprint density at radius 3 is 2.21 bits per heavy atom.